The molecule has 21 heavy (non-hydrogen) atoms. The van der Waals surface area contributed by atoms with E-state index in [-0.39, 0.29) is 0 Å². The molecule has 118 valence electrons. The van der Waals surface area contributed by atoms with Gasteiger partial charge in [-0.1, -0.05) is 33.8 Å². The van der Waals surface area contributed by atoms with Gasteiger partial charge in [-0.15, -0.1) is 0 Å². The van der Waals surface area contributed by atoms with Crippen molar-refractivity contribution in [2.24, 2.45) is 17.8 Å². The lowest BCUT2D eigenvalue weighted by Gasteiger charge is -2.34. The van der Waals surface area contributed by atoms with Crippen LogP contribution in [0.3, 0.4) is 0 Å². The summed E-state index contributed by atoms with van der Waals surface area (Å²) in [7, 11) is 0. The molecule has 0 radical (unpaired) electrons. The average molecular weight is 289 g/mol. The second kappa shape index (κ2) is 7.79. The quantitative estimate of drug-likeness (QED) is 0.865. The standard InChI is InChI=1S/C18H31N3/c1-14(2)11-19-12-16-5-6-18(20-13-16)21-9-7-17(8-10-21)15(3)4/h5-6,13-15,17,19H,7-12H2,1-4H3. The number of rotatable bonds is 6. The summed E-state index contributed by atoms with van der Waals surface area (Å²) >= 11 is 0. The molecule has 1 fully saturated rings. The molecule has 0 atom stereocenters. The Morgan fingerprint density at radius 1 is 1.19 bits per heavy atom. The number of piperidine rings is 1. The summed E-state index contributed by atoms with van der Waals surface area (Å²) in [5.41, 5.74) is 1.27. The minimum absolute atomic E-state index is 0.694. The van der Waals surface area contributed by atoms with Crippen LogP contribution in [0.15, 0.2) is 18.3 Å². The average Bonchev–Trinajstić information content (AvgIpc) is 2.48. The van der Waals surface area contributed by atoms with Crippen molar-refractivity contribution in [2.75, 3.05) is 24.5 Å². The summed E-state index contributed by atoms with van der Waals surface area (Å²) < 4.78 is 0. The molecule has 0 aliphatic carbocycles. The van der Waals surface area contributed by atoms with E-state index in [4.69, 9.17) is 0 Å². The van der Waals surface area contributed by atoms with Crippen LogP contribution in [0.25, 0.3) is 0 Å². The Morgan fingerprint density at radius 3 is 2.43 bits per heavy atom. The van der Waals surface area contributed by atoms with Crippen molar-refractivity contribution in [3.05, 3.63) is 23.9 Å². The fraction of sp³-hybridized carbons (Fsp3) is 0.722. The molecule has 0 saturated carbocycles. The van der Waals surface area contributed by atoms with Crippen molar-refractivity contribution in [3.63, 3.8) is 0 Å². The van der Waals surface area contributed by atoms with Gasteiger partial charge in [0, 0.05) is 25.8 Å². The smallest absolute Gasteiger partial charge is 0.128 e. The maximum absolute atomic E-state index is 4.66. The molecule has 0 amide bonds. The first-order chi connectivity index (χ1) is 10.1. The van der Waals surface area contributed by atoms with Crippen LogP contribution in [0.1, 0.15) is 46.1 Å². The molecule has 2 heterocycles. The van der Waals surface area contributed by atoms with Gasteiger partial charge in [-0.2, -0.15) is 0 Å². The highest BCUT2D eigenvalue weighted by atomic mass is 15.2. The number of anilines is 1. The van der Waals surface area contributed by atoms with Crippen molar-refractivity contribution < 1.29 is 0 Å². The van der Waals surface area contributed by atoms with Crippen LogP contribution in [0.5, 0.6) is 0 Å². The maximum Gasteiger partial charge on any atom is 0.128 e. The highest BCUT2D eigenvalue weighted by molar-refractivity contribution is 5.39. The van der Waals surface area contributed by atoms with Crippen molar-refractivity contribution in [1.29, 1.82) is 0 Å². The fourth-order valence-corrected chi connectivity index (χ4v) is 3.01. The number of aromatic nitrogens is 1. The topological polar surface area (TPSA) is 28.2 Å². The first-order valence-electron chi connectivity index (χ1n) is 8.47. The lowest BCUT2D eigenvalue weighted by molar-refractivity contribution is 0.310. The number of pyridine rings is 1. The molecule has 1 aromatic rings. The molecule has 2 rings (SSSR count). The Balaban J connectivity index is 1.82. The van der Waals surface area contributed by atoms with E-state index in [2.05, 4.69) is 55.0 Å². The van der Waals surface area contributed by atoms with Crippen LogP contribution in [0.4, 0.5) is 5.82 Å². The van der Waals surface area contributed by atoms with Gasteiger partial charge >= 0.3 is 0 Å². The van der Waals surface area contributed by atoms with E-state index in [1.807, 2.05) is 6.20 Å². The molecular formula is C18H31N3. The lowest BCUT2D eigenvalue weighted by Crippen LogP contribution is -2.35. The van der Waals surface area contributed by atoms with Gasteiger partial charge in [-0.05, 0) is 48.8 Å². The Morgan fingerprint density at radius 2 is 1.90 bits per heavy atom. The monoisotopic (exact) mass is 289 g/mol. The van der Waals surface area contributed by atoms with Crippen LogP contribution in [0.2, 0.25) is 0 Å². The second-order valence-electron chi connectivity index (χ2n) is 7.12. The van der Waals surface area contributed by atoms with Crippen LogP contribution in [0, 0.1) is 17.8 Å². The van der Waals surface area contributed by atoms with E-state index in [1.54, 1.807) is 0 Å². The largest absolute Gasteiger partial charge is 0.357 e. The fourth-order valence-electron chi connectivity index (χ4n) is 3.01. The van der Waals surface area contributed by atoms with Gasteiger partial charge < -0.3 is 10.2 Å². The molecule has 0 unspecified atom stereocenters. The van der Waals surface area contributed by atoms with Crippen molar-refractivity contribution in [2.45, 2.75) is 47.1 Å². The van der Waals surface area contributed by atoms with Crippen LogP contribution < -0.4 is 10.2 Å². The normalized spacial score (nSPS) is 17.0. The molecule has 1 aliphatic rings. The number of nitrogens with zero attached hydrogens (tertiary/aromatic N) is 2. The van der Waals surface area contributed by atoms with Crippen LogP contribution in [-0.2, 0) is 6.54 Å². The van der Waals surface area contributed by atoms with Gasteiger partial charge in [0.2, 0.25) is 0 Å². The first kappa shape index (κ1) is 16.3. The molecule has 3 heteroatoms. The van der Waals surface area contributed by atoms with E-state index in [0.29, 0.717) is 5.92 Å². The van der Waals surface area contributed by atoms with E-state index in [0.717, 1.165) is 43.8 Å². The summed E-state index contributed by atoms with van der Waals surface area (Å²) in [5, 5.41) is 3.46. The number of nitrogens with one attached hydrogen (secondary N) is 1. The minimum atomic E-state index is 0.694. The van der Waals surface area contributed by atoms with Crippen molar-refractivity contribution in [1.82, 2.24) is 10.3 Å². The predicted octanol–water partition coefficient (Wildman–Crippen LogP) is 3.70. The highest BCUT2D eigenvalue weighted by Crippen LogP contribution is 2.26. The van der Waals surface area contributed by atoms with E-state index in [1.165, 1.54) is 18.4 Å². The van der Waals surface area contributed by atoms with Crippen LogP contribution in [-0.4, -0.2) is 24.6 Å². The molecule has 1 saturated heterocycles. The zero-order valence-electron chi connectivity index (χ0n) is 14.1. The van der Waals surface area contributed by atoms with E-state index in [9.17, 15) is 0 Å². The summed E-state index contributed by atoms with van der Waals surface area (Å²) in [6.45, 7) is 13.4. The van der Waals surface area contributed by atoms with Crippen molar-refractivity contribution in [3.8, 4) is 0 Å². The molecule has 1 N–H and O–H groups in total. The molecule has 0 aromatic carbocycles. The Bertz CT molecular complexity index is 403. The molecule has 0 bridgehead atoms. The van der Waals surface area contributed by atoms with Gasteiger partial charge in [0.05, 0.1) is 0 Å². The number of hydrogen-bond donors (Lipinski definition) is 1. The number of hydrogen-bond acceptors (Lipinski definition) is 3. The third-order valence-electron chi connectivity index (χ3n) is 4.50. The molecule has 1 aromatic heterocycles. The highest BCUT2D eigenvalue weighted by Gasteiger charge is 2.22. The SMILES string of the molecule is CC(C)CNCc1ccc(N2CCC(C(C)C)CC2)nc1. The third kappa shape index (κ3) is 4.99. The zero-order valence-corrected chi connectivity index (χ0v) is 14.1. The van der Waals surface area contributed by atoms with Gasteiger partial charge in [0.25, 0.3) is 0 Å². The Labute approximate surface area is 130 Å². The molecule has 1 aliphatic heterocycles. The van der Waals surface area contributed by atoms with E-state index >= 15 is 0 Å². The zero-order chi connectivity index (χ0) is 15.2. The van der Waals surface area contributed by atoms with Crippen molar-refractivity contribution >= 4 is 5.82 Å². The molecule has 0 spiro atoms. The Hall–Kier alpha value is -1.09. The summed E-state index contributed by atoms with van der Waals surface area (Å²) in [6.07, 6.45) is 4.63. The third-order valence-corrected chi connectivity index (χ3v) is 4.50. The van der Waals surface area contributed by atoms with Gasteiger partial charge in [0.1, 0.15) is 5.82 Å². The van der Waals surface area contributed by atoms with Gasteiger partial charge in [-0.25, -0.2) is 4.98 Å². The van der Waals surface area contributed by atoms with Gasteiger partial charge in [0.15, 0.2) is 0 Å². The summed E-state index contributed by atoms with van der Waals surface area (Å²) in [5.74, 6) is 3.54. The minimum Gasteiger partial charge on any atom is -0.357 e. The van der Waals surface area contributed by atoms with E-state index < -0.39 is 0 Å². The second-order valence-corrected chi connectivity index (χ2v) is 7.12. The summed E-state index contributed by atoms with van der Waals surface area (Å²) in [4.78, 5) is 7.09. The predicted molar refractivity (Wildman–Crippen MR) is 90.6 cm³/mol. The lowest BCUT2D eigenvalue weighted by atomic mass is 9.87. The summed E-state index contributed by atoms with van der Waals surface area (Å²) in [6, 6.07) is 4.40. The first-order valence-corrected chi connectivity index (χ1v) is 8.47. The maximum atomic E-state index is 4.66. The van der Waals surface area contributed by atoms with Gasteiger partial charge in [-0.3, -0.25) is 0 Å². The van der Waals surface area contributed by atoms with Crippen LogP contribution >= 0.6 is 0 Å². The Kier molecular flexibility index (Phi) is 6.04. The molecular weight excluding hydrogens is 258 g/mol. The molecule has 3 nitrogen and oxygen atoms in total.